The van der Waals surface area contributed by atoms with Crippen LogP contribution in [-0.2, 0) is 4.79 Å². The van der Waals surface area contributed by atoms with Crippen molar-refractivity contribution in [2.75, 3.05) is 0 Å². The van der Waals surface area contributed by atoms with Crippen LogP contribution in [0.3, 0.4) is 0 Å². The minimum atomic E-state index is -0.267. The van der Waals surface area contributed by atoms with Crippen LogP contribution in [0.1, 0.15) is 88.0 Å². The summed E-state index contributed by atoms with van der Waals surface area (Å²) >= 11 is 0. The van der Waals surface area contributed by atoms with Gasteiger partial charge in [0.05, 0.1) is 0 Å². The summed E-state index contributed by atoms with van der Waals surface area (Å²) in [6.45, 7) is 18.7. The Bertz CT molecular complexity index is 314. The van der Waals surface area contributed by atoms with E-state index >= 15 is 0 Å². The summed E-state index contributed by atoms with van der Waals surface area (Å²) in [6.07, 6.45) is 5.34. The first-order chi connectivity index (χ1) is 10.3. The molecule has 1 amide bonds. The molecule has 2 rings (SSSR count). The molecule has 0 radical (unpaired) electrons. The Hall–Kier alpha value is -0.530. The lowest BCUT2D eigenvalue weighted by Crippen LogP contribution is -2.53. The largest absolute Gasteiger partial charge is 0.352 e. The summed E-state index contributed by atoms with van der Waals surface area (Å²) in [4.78, 5) is 12.2. The molecule has 0 aliphatic heterocycles. The molecule has 0 aromatic heterocycles. The molecular weight excluding hydrogens is 270 g/mol. The number of carbonyl (C=O) groups is 1. The Morgan fingerprint density at radius 1 is 0.909 bits per heavy atom. The second-order valence-corrected chi connectivity index (χ2v) is 7.90. The number of hydrogen-bond donors (Lipinski definition) is 1. The predicted octanol–water partition coefficient (Wildman–Crippen LogP) is 5.66. The normalized spacial score (nSPS) is 33.6. The minimum Gasteiger partial charge on any atom is -0.352 e. The maximum absolute atomic E-state index is 12.2. The van der Waals surface area contributed by atoms with Gasteiger partial charge in [0.15, 0.2) is 0 Å². The summed E-state index contributed by atoms with van der Waals surface area (Å²) in [5.74, 6) is 3.34. The van der Waals surface area contributed by atoms with Crippen LogP contribution < -0.4 is 5.32 Å². The molecular formula is C20H41NO. The minimum absolute atomic E-state index is 0.219. The van der Waals surface area contributed by atoms with Gasteiger partial charge >= 0.3 is 0 Å². The number of amides is 1. The second-order valence-electron chi connectivity index (χ2n) is 7.90. The lowest BCUT2D eigenvalue weighted by atomic mass is 9.63. The zero-order valence-corrected chi connectivity index (χ0v) is 16.6. The second kappa shape index (κ2) is 9.57. The first-order valence-corrected chi connectivity index (χ1v) is 9.58. The monoisotopic (exact) mass is 311 g/mol. The van der Waals surface area contributed by atoms with Crippen LogP contribution in [0.4, 0.5) is 0 Å². The van der Waals surface area contributed by atoms with Gasteiger partial charge in [-0.3, -0.25) is 4.79 Å². The highest BCUT2D eigenvalue weighted by atomic mass is 16.2. The molecule has 2 nitrogen and oxygen atoms in total. The molecule has 2 saturated carbocycles. The van der Waals surface area contributed by atoms with Gasteiger partial charge < -0.3 is 5.32 Å². The van der Waals surface area contributed by atoms with Gasteiger partial charge in [0.2, 0.25) is 5.91 Å². The first kappa shape index (κ1) is 21.5. The van der Waals surface area contributed by atoms with Gasteiger partial charge in [0.1, 0.15) is 0 Å². The highest BCUT2D eigenvalue weighted by Gasteiger charge is 2.41. The van der Waals surface area contributed by atoms with E-state index in [0.717, 1.165) is 11.8 Å². The summed E-state index contributed by atoms with van der Waals surface area (Å²) in [7, 11) is 0. The van der Waals surface area contributed by atoms with E-state index in [0.29, 0.717) is 17.9 Å². The highest BCUT2D eigenvalue weighted by molar-refractivity contribution is 5.81. The topological polar surface area (TPSA) is 29.1 Å². The molecule has 2 fully saturated rings. The quantitative estimate of drug-likeness (QED) is 0.665. The molecule has 0 aromatic rings. The molecule has 132 valence electrons. The third-order valence-electron chi connectivity index (χ3n) is 4.88. The third-order valence-corrected chi connectivity index (χ3v) is 4.88. The van der Waals surface area contributed by atoms with Crippen molar-refractivity contribution in [3.8, 4) is 0 Å². The maximum Gasteiger partial charge on any atom is 0.225 e. The van der Waals surface area contributed by atoms with Crippen molar-refractivity contribution in [3.05, 3.63) is 0 Å². The van der Waals surface area contributed by atoms with Crippen LogP contribution in [0, 0.1) is 29.1 Å². The predicted molar refractivity (Wildman–Crippen MR) is 97.9 cm³/mol. The Labute approximate surface area is 139 Å². The number of nitrogens with one attached hydrogen (secondary N) is 1. The van der Waals surface area contributed by atoms with Crippen molar-refractivity contribution in [1.29, 1.82) is 0 Å². The van der Waals surface area contributed by atoms with Crippen LogP contribution in [-0.4, -0.2) is 11.9 Å². The van der Waals surface area contributed by atoms with E-state index in [9.17, 15) is 4.79 Å². The van der Waals surface area contributed by atoms with Gasteiger partial charge in [-0.25, -0.2) is 0 Å². The van der Waals surface area contributed by atoms with Gasteiger partial charge in [-0.05, 0) is 49.4 Å². The average Bonchev–Trinajstić information content (AvgIpc) is 2.45. The van der Waals surface area contributed by atoms with Gasteiger partial charge in [-0.1, -0.05) is 62.3 Å². The molecule has 0 spiro atoms. The van der Waals surface area contributed by atoms with E-state index in [4.69, 9.17) is 0 Å². The number of carbonyl (C=O) groups excluding carboxylic acids is 1. The van der Waals surface area contributed by atoms with Crippen molar-refractivity contribution in [3.63, 3.8) is 0 Å². The fourth-order valence-corrected chi connectivity index (χ4v) is 4.05. The molecule has 5 atom stereocenters. The highest BCUT2D eigenvalue weighted by Crippen LogP contribution is 2.44. The van der Waals surface area contributed by atoms with Crippen LogP contribution in [0.5, 0.6) is 0 Å². The van der Waals surface area contributed by atoms with E-state index in [2.05, 4.69) is 19.2 Å². The molecule has 5 unspecified atom stereocenters. The molecule has 22 heavy (non-hydrogen) atoms. The average molecular weight is 312 g/mol. The fraction of sp³-hybridized carbons (Fsp3) is 0.950. The summed E-state index contributed by atoms with van der Waals surface area (Å²) in [5, 5.41) is 3.35. The molecule has 1 N–H and O–H groups in total. The van der Waals surface area contributed by atoms with E-state index in [1.165, 1.54) is 25.7 Å². The van der Waals surface area contributed by atoms with E-state index < -0.39 is 0 Å². The van der Waals surface area contributed by atoms with Crippen molar-refractivity contribution in [2.24, 2.45) is 29.1 Å². The molecule has 2 bridgehead atoms. The van der Waals surface area contributed by atoms with Crippen molar-refractivity contribution in [1.82, 2.24) is 5.32 Å². The molecule has 0 saturated heterocycles. The molecule has 2 heteroatoms. The van der Waals surface area contributed by atoms with Gasteiger partial charge in [0.25, 0.3) is 0 Å². The van der Waals surface area contributed by atoms with Crippen LogP contribution >= 0.6 is 0 Å². The van der Waals surface area contributed by atoms with Gasteiger partial charge in [-0.2, -0.15) is 0 Å². The Kier molecular flexibility index (Phi) is 9.34. The Morgan fingerprint density at radius 2 is 1.45 bits per heavy atom. The SMILES string of the molecule is CC.CC.CC1CC2CC(C)C(NC(=O)C(C)(C)C)C(C1)C2. The van der Waals surface area contributed by atoms with E-state index in [1.54, 1.807) is 0 Å². The van der Waals surface area contributed by atoms with Gasteiger partial charge in [0, 0.05) is 11.5 Å². The summed E-state index contributed by atoms with van der Waals surface area (Å²) in [5.41, 5.74) is -0.267. The zero-order valence-electron chi connectivity index (χ0n) is 16.6. The number of rotatable bonds is 1. The Morgan fingerprint density at radius 3 is 1.95 bits per heavy atom. The number of hydrogen-bond acceptors (Lipinski definition) is 1. The van der Waals surface area contributed by atoms with Crippen LogP contribution in [0.25, 0.3) is 0 Å². The lowest BCUT2D eigenvalue weighted by Gasteiger charge is -2.47. The zero-order chi connectivity index (χ0) is 17.5. The van der Waals surface area contributed by atoms with E-state index in [1.807, 2.05) is 48.5 Å². The maximum atomic E-state index is 12.2. The smallest absolute Gasteiger partial charge is 0.225 e. The van der Waals surface area contributed by atoms with Crippen LogP contribution in [0.15, 0.2) is 0 Å². The number of fused-ring (bicyclic) bond motifs is 2. The first-order valence-electron chi connectivity index (χ1n) is 9.58. The molecule has 2 aliphatic carbocycles. The third kappa shape index (κ3) is 5.93. The molecule has 2 aliphatic rings. The molecule has 0 heterocycles. The van der Waals surface area contributed by atoms with Crippen LogP contribution in [0.2, 0.25) is 0 Å². The van der Waals surface area contributed by atoms with Gasteiger partial charge in [-0.15, -0.1) is 0 Å². The summed E-state index contributed by atoms with van der Waals surface area (Å²) < 4.78 is 0. The lowest BCUT2D eigenvalue weighted by molar-refractivity contribution is -0.131. The van der Waals surface area contributed by atoms with Crippen molar-refractivity contribution >= 4 is 5.91 Å². The van der Waals surface area contributed by atoms with E-state index in [-0.39, 0.29) is 11.3 Å². The summed E-state index contributed by atoms with van der Waals surface area (Å²) in [6, 6.07) is 0.413. The molecule has 0 aromatic carbocycles. The fourth-order valence-electron chi connectivity index (χ4n) is 4.05. The standard InChI is InChI=1S/C16H29NO.2C2H6/c1-10-6-12-8-11(2)14(13(7-10)9-12)17-15(18)16(3,4)5;2*1-2/h10-14H,6-9H2,1-5H3,(H,17,18);2*1-2H3. The Balaban J connectivity index is 0.00000102. The van der Waals surface area contributed by atoms with Crippen molar-refractivity contribution < 1.29 is 4.79 Å². The van der Waals surface area contributed by atoms with Crippen molar-refractivity contribution in [2.45, 2.75) is 94.0 Å².